The van der Waals surface area contributed by atoms with Gasteiger partial charge >= 0.3 is 12.0 Å². The van der Waals surface area contributed by atoms with Gasteiger partial charge in [0, 0.05) is 5.69 Å². The highest BCUT2D eigenvalue weighted by atomic mass is 16.4. The van der Waals surface area contributed by atoms with Crippen molar-refractivity contribution >= 4 is 17.7 Å². The van der Waals surface area contributed by atoms with E-state index in [4.69, 9.17) is 5.11 Å². The van der Waals surface area contributed by atoms with Crippen LogP contribution in [0.5, 0.6) is 0 Å². The molecule has 16 heavy (non-hydrogen) atoms. The fourth-order valence-electron chi connectivity index (χ4n) is 1.33. The van der Waals surface area contributed by atoms with Crippen molar-refractivity contribution < 1.29 is 14.7 Å². The number of carbonyl (C=O) groups is 2. The first-order chi connectivity index (χ1) is 7.50. The fraction of sp³-hybridized carbons (Fsp3) is 0.273. The molecule has 0 bridgehead atoms. The van der Waals surface area contributed by atoms with Gasteiger partial charge in [-0.2, -0.15) is 0 Å². The average molecular weight is 222 g/mol. The third kappa shape index (κ3) is 3.27. The Morgan fingerprint density at radius 2 is 1.81 bits per heavy atom. The van der Waals surface area contributed by atoms with Gasteiger partial charge in [-0.25, -0.2) is 4.79 Å². The number of benzene rings is 1. The van der Waals surface area contributed by atoms with Gasteiger partial charge in [0.05, 0.1) is 0 Å². The van der Waals surface area contributed by atoms with E-state index in [9.17, 15) is 9.59 Å². The van der Waals surface area contributed by atoms with E-state index in [0.717, 1.165) is 11.1 Å². The van der Waals surface area contributed by atoms with Crippen molar-refractivity contribution in [1.82, 2.24) is 5.32 Å². The summed E-state index contributed by atoms with van der Waals surface area (Å²) >= 11 is 0. The molecule has 5 heteroatoms. The van der Waals surface area contributed by atoms with Gasteiger partial charge < -0.3 is 15.7 Å². The van der Waals surface area contributed by atoms with Crippen LogP contribution in [-0.2, 0) is 4.79 Å². The highest BCUT2D eigenvalue weighted by molar-refractivity contribution is 5.92. The third-order valence-electron chi connectivity index (χ3n) is 2.12. The molecule has 0 atom stereocenters. The summed E-state index contributed by atoms with van der Waals surface area (Å²) in [4.78, 5) is 21.6. The number of para-hydroxylation sites is 1. The molecule has 86 valence electrons. The first-order valence-electron chi connectivity index (χ1n) is 4.83. The van der Waals surface area contributed by atoms with Crippen molar-refractivity contribution in [3.8, 4) is 0 Å². The van der Waals surface area contributed by atoms with Crippen molar-refractivity contribution in [3.63, 3.8) is 0 Å². The second-order valence-electron chi connectivity index (χ2n) is 3.47. The van der Waals surface area contributed by atoms with Crippen LogP contribution in [0.15, 0.2) is 18.2 Å². The Bertz CT molecular complexity index is 395. The molecule has 0 saturated heterocycles. The van der Waals surface area contributed by atoms with Gasteiger partial charge in [-0.1, -0.05) is 18.2 Å². The third-order valence-corrected chi connectivity index (χ3v) is 2.12. The summed E-state index contributed by atoms with van der Waals surface area (Å²) in [5, 5.41) is 13.3. The van der Waals surface area contributed by atoms with Gasteiger partial charge in [0.1, 0.15) is 6.54 Å². The Kier molecular flexibility index (Phi) is 3.88. The van der Waals surface area contributed by atoms with Crippen molar-refractivity contribution in [2.45, 2.75) is 13.8 Å². The van der Waals surface area contributed by atoms with Crippen molar-refractivity contribution in [2.24, 2.45) is 0 Å². The molecule has 0 heterocycles. The van der Waals surface area contributed by atoms with Gasteiger partial charge in [-0.3, -0.25) is 4.79 Å². The summed E-state index contributed by atoms with van der Waals surface area (Å²) in [5.41, 5.74) is 2.58. The minimum atomic E-state index is -1.07. The monoisotopic (exact) mass is 222 g/mol. The highest BCUT2D eigenvalue weighted by Crippen LogP contribution is 2.18. The molecule has 0 aliphatic carbocycles. The Morgan fingerprint density at radius 3 is 2.31 bits per heavy atom. The van der Waals surface area contributed by atoms with Crippen molar-refractivity contribution in [2.75, 3.05) is 11.9 Å². The number of carboxylic acids is 1. The number of aryl methyl sites for hydroxylation is 2. The largest absolute Gasteiger partial charge is 0.480 e. The number of aliphatic carboxylic acids is 1. The van der Waals surface area contributed by atoms with Gasteiger partial charge in [-0.15, -0.1) is 0 Å². The van der Waals surface area contributed by atoms with E-state index in [2.05, 4.69) is 10.6 Å². The van der Waals surface area contributed by atoms with Gasteiger partial charge in [-0.05, 0) is 25.0 Å². The lowest BCUT2D eigenvalue weighted by atomic mass is 10.1. The second kappa shape index (κ2) is 5.16. The summed E-state index contributed by atoms with van der Waals surface area (Å²) in [6, 6.07) is 5.13. The maximum Gasteiger partial charge on any atom is 0.323 e. The van der Waals surface area contributed by atoms with E-state index < -0.39 is 18.5 Å². The maximum absolute atomic E-state index is 11.3. The second-order valence-corrected chi connectivity index (χ2v) is 3.47. The lowest BCUT2D eigenvalue weighted by Gasteiger charge is -2.11. The van der Waals surface area contributed by atoms with Crippen LogP contribution in [0.2, 0.25) is 0 Å². The molecule has 1 rings (SSSR count). The predicted molar refractivity (Wildman–Crippen MR) is 60.6 cm³/mol. The average Bonchev–Trinajstić information content (AvgIpc) is 2.21. The van der Waals surface area contributed by atoms with E-state index in [1.165, 1.54) is 0 Å². The zero-order chi connectivity index (χ0) is 12.1. The molecular formula is C11H14N2O3. The normalized spacial score (nSPS) is 9.62. The van der Waals surface area contributed by atoms with E-state index in [1.807, 2.05) is 32.0 Å². The first-order valence-corrected chi connectivity index (χ1v) is 4.83. The molecule has 2 amide bonds. The minimum Gasteiger partial charge on any atom is -0.480 e. The van der Waals surface area contributed by atoms with E-state index in [0.29, 0.717) is 5.69 Å². The number of anilines is 1. The number of amides is 2. The smallest absolute Gasteiger partial charge is 0.323 e. The van der Waals surface area contributed by atoms with Crippen LogP contribution < -0.4 is 10.6 Å². The number of urea groups is 1. The molecule has 0 unspecified atom stereocenters. The maximum atomic E-state index is 11.3. The number of carbonyl (C=O) groups excluding carboxylic acids is 1. The Labute approximate surface area is 93.5 Å². The quantitative estimate of drug-likeness (QED) is 0.725. The minimum absolute atomic E-state index is 0.392. The summed E-state index contributed by atoms with van der Waals surface area (Å²) in [7, 11) is 0. The van der Waals surface area contributed by atoms with Gasteiger partial charge in [0.15, 0.2) is 0 Å². The molecule has 1 aromatic rings. The van der Waals surface area contributed by atoms with Gasteiger partial charge in [0.25, 0.3) is 0 Å². The molecule has 0 radical (unpaired) electrons. The molecule has 0 fully saturated rings. The molecule has 0 aliphatic rings. The van der Waals surface area contributed by atoms with Gasteiger partial charge in [0.2, 0.25) is 0 Å². The zero-order valence-corrected chi connectivity index (χ0v) is 9.20. The summed E-state index contributed by atoms with van der Waals surface area (Å²) < 4.78 is 0. The number of hydrogen-bond acceptors (Lipinski definition) is 2. The van der Waals surface area contributed by atoms with Crippen LogP contribution in [-0.4, -0.2) is 23.7 Å². The molecule has 1 aromatic carbocycles. The van der Waals surface area contributed by atoms with Crippen LogP contribution in [0.3, 0.4) is 0 Å². The lowest BCUT2D eigenvalue weighted by molar-refractivity contribution is -0.135. The molecule has 0 aromatic heterocycles. The summed E-state index contributed by atoms with van der Waals surface area (Å²) in [6.45, 7) is 3.36. The molecule has 0 spiro atoms. The zero-order valence-electron chi connectivity index (χ0n) is 9.20. The summed E-state index contributed by atoms with van der Waals surface area (Å²) in [6.07, 6.45) is 0. The van der Waals surface area contributed by atoms with Crippen molar-refractivity contribution in [3.05, 3.63) is 29.3 Å². The van der Waals surface area contributed by atoms with Crippen LogP contribution in [0.25, 0.3) is 0 Å². The van der Waals surface area contributed by atoms with E-state index in [-0.39, 0.29) is 0 Å². The van der Waals surface area contributed by atoms with E-state index in [1.54, 1.807) is 0 Å². The fourth-order valence-corrected chi connectivity index (χ4v) is 1.33. The number of hydrogen-bond donors (Lipinski definition) is 3. The number of nitrogens with one attached hydrogen (secondary N) is 2. The van der Waals surface area contributed by atoms with Crippen molar-refractivity contribution in [1.29, 1.82) is 0 Å². The molecule has 3 N–H and O–H groups in total. The van der Waals surface area contributed by atoms with Crippen LogP contribution in [0.1, 0.15) is 11.1 Å². The Balaban J connectivity index is 2.66. The Hall–Kier alpha value is -2.04. The SMILES string of the molecule is Cc1cccc(C)c1NC(=O)NCC(=O)O. The number of carboxylic acid groups (broad SMARTS) is 1. The highest BCUT2D eigenvalue weighted by Gasteiger charge is 2.07. The number of rotatable bonds is 3. The Morgan fingerprint density at radius 1 is 1.25 bits per heavy atom. The van der Waals surface area contributed by atoms with Crippen LogP contribution >= 0.6 is 0 Å². The van der Waals surface area contributed by atoms with E-state index >= 15 is 0 Å². The molecule has 0 aliphatic heterocycles. The molecular weight excluding hydrogens is 208 g/mol. The first kappa shape index (κ1) is 12.0. The van der Waals surface area contributed by atoms with Crippen LogP contribution in [0, 0.1) is 13.8 Å². The standard InChI is InChI=1S/C11H14N2O3/c1-7-4-3-5-8(2)10(7)13-11(16)12-6-9(14)15/h3-5H,6H2,1-2H3,(H,14,15)(H2,12,13,16). The topological polar surface area (TPSA) is 78.4 Å². The summed E-state index contributed by atoms with van der Waals surface area (Å²) in [5.74, 6) is -1.07. The van der Waals surface area contributed by atoms with Crippen LogP contribution in [0.4, 0.5) is 10.5 Å². The molecule has 5 nitrogen and oxygen atoms in total. The molecule has 0 saturated carbocycles. The lowest BCUT2D eigenvalue weighted by Crippen LogP contribution is -2.33. The predicted octanol–water partition coefficient (Wildman–Crippen LogP) is 1.51.